The Morgan fingerprint density at radius 3 is 2.52 bits per heavy atom. The average Bonchev–Trinajstić information content (AvgIpc) is 3.25. The van der Waals surface area contributed by atoms with Crippen LogP contribution >= 0.6 is 11.6 Å². The van der Waals surface area contributed by atoms with Crippen LogP contribution in [-0.4, -0.2) is 47.4 Å². The van der Waals surface area contributed by atoms with Crippen LogP contribution in [0.3, 0.4) is 0 Å². The summed E-state index contributed by atoms with van der Waals surface area (Å²) in [6.07, 6.45) is 7.00. The molecule has 1 aromatic carbocycles. The maximum Gasteiger partial charge on any atom is 0.226 e. The van der Waals surface area contributed by atoms with Crippen molar-refractivity contribution in [2.75, 3.05) is 18.2 Å². The van der Waals surface area contributed by atoms with Crippen LogP contribution in [0.5, 0.6) is 0 Å². The molecule has 0 radical (unpaired) electrons. The SMILES string of the molecule is CS(=O)(=O)c1ccc(C(CC(=O)Nc2cnc(C(O)CO)cn2)C2CCCC2)cc1Cl. The molecule has 3 N–H and O–H groups in total. The number of nitrogens with zero attached hydrogens (tertiary/aromatic N) is 2. The van der Waals surface area contributed by atoms with E-state index in [0.717, 1.165) is 37.5 Å². The fourth-order valence-corrected chi connectivity index (χ4v) is 5.36. The molecular weight excluding hydrogens is 442 g/mol. The monoisotopic (exact) mass is 467 g/mol. The zero-order chi connectivity index (χ0) is 22.6. The van der Waals surface area contributed by atoms with Crippen LogP contribution in [0.2, 0.25) is 5.02 Å². The summed E-state index contributed by atoms with van der Waals surface area (Å²) in [5.74, 6) is 0.204. The minimum atomic E-state index is -3.43. The highest BCUT2D eigenvalue weighted by molar-refractivity contribution is 7.90. The Kier molecular flexibility index (Phi) is 7.64. The molecule has 8 nitrogen and oxygen atoms in total. The Hall–Kier alpha value is -2.07. The molecule has 31 heavy (non-hydrogen) atoms. The van der Waals surface area contributed by atoms with Gasteiger partial charge >= 0.3 is 0 Å². The van der Waals surface area contributed by atoms with Gasteiger partial charge in [0.2, 0.25) is 5.91 Å². The van der Waals surface area contributed by atoms with E-state index in [-0.39, 0.29) is 39.7 Å². The minimum Gasteiger partial charge on any atom is -0.393 e. The summed E-state index contributed by atoms with van der Waals surface area (Å²) in [4.78, 5) is 20.9. The maximum atomic E-state index is 12.7. The summed E-state index contributed by atoms with van der Waals surface area (Å²) < 4.78 is 23.7. The number of aliphatic hydroxyl groups excluding tert-OH is 2. The van der Waals surface area contributed by atoms with Crippen molar-refractivity contribution in [2.45, 2.75) is 49.0 Å². The molecule has 2 unspecified atom stereocenters. The third-order valence-electron chi connectivity index (χ3n) is 5.61. The van der Waals surface area contributed by atoms with Crippen LogP contribution in [0, 0.1) is 5.92 Å². The first kappa shape index (κ1) is 23.6. The first-order valence-electron chi connectivity index (χ1n) is 10.1. The Bertz CT molecular complexity index is 1020. The molecule has 1 fully saturated rings. The number of amides is 1. The van der Waals surface area contributed by atoms with Crippen LogP contribution in [0.1, 0.15) is 55.4 Å². The highest BCUT2D eigenvalue weighted by Gasteiger charge is 2.29. The van der Waals surface area contributed by atoms with E-state index in [2.05, 4.69) is 15.3 Å². The number of anilines is 1. The van der Waals surface area contributed by atoms with Crippen LogP contribution in [0.4, 0.5) is 5.82 Å². The fraction of sp³-hybridized carbons (Fsp3) is 0.476. The fourth-order valence-electron chi connectivity index (χ4n) is 4.03. The molecule has 2 atom stereocenters. The number of sulfone groups is 1. The zero-order valence-electron chi connectivity index (χ0n) is 17.2. The Balaban J connectivity index is 1.77. The van der Waals surface area contributed by atoms with E-state index >= 15 is 0 Å². The van der Waals surface area contributed by atoms with Gasteiger partial charge in [0.05, 0.1) is 34.6 Å². The van der Waals surface area contributed by atoms with Gasteiger partial charge in [-0.05, 0) is 42.4 Å². The van der Waals surface area contributed by atoms with Crippen molar-refractivity contribution in [1.29, 1.82) is 0 Å². The van der Waals surface area contributed by atoms with Gasteiger partial charge < -0.3 is 15.5 Å². The maximum absolute atomic E-state index is 12.7. The van der Waals surface area contributed by atoms with E-state index in [4.69, 9.17) is 16.7 Å². The van der Waals surface area contributed by atoms with Gasteiger partial charge in [-0.1, -0.05) is 30.5 Å². The molecule has 1 saturated carbocycles. The number of aliphatic hydroxyl groups is 2. The van der Waals surface area contributed by atoms with E-state index in [0.29, 0.717) is 5.92 Å². The number of hydrogen-bond acceptors (Lipinski definition) is 7. The number of rotatable bonds is 8. The van der Waals surface area contributed by atoms with Gasteiger partial charge in [0.25, 0.3) is 0 Å². The molecule has 10 heteroatoms. The van der Waals surface area contributed by atoms with Gasteiger partial charge in [0, 0.05) is 12.7 Å². The highest BCUT2D eigenvalue weighted by atomic mass is 35.5. The molecule has 0 spiro atoms. The molecule has 1 aliphatic carbocycles. The van der Waals surface area contributed by atoms with E-state index in [1.54, 1.807) is 12.1 Å². The third-order valence-corrected chi connectivity index (χ3v) is 7.19. The summed E-state index contributed by atoms with van der Waals surface area (Å²) in [6, 6.07) is 4.89. The van der Waals surface area contributed by atoms with Gasteiger partial charge in [-0.2, -0.15) is 0 Å². The van der Waals surface area contributed by atoms with E-state index in [1.807, 2.05) is 0 Å². The van der Waals surface area contributed by atoms with Gasteiger partial charge in [0.1, 0.15) is 6.10 Å². The van der Waals surface area contributed by atoms with E-state index < -0.39 is 22.5 Å². The first-order valence-corrected chi connectivity index (χ1v) is 12.4. The largest absolute Gasteiger partial charge is 0.393 e. The molecule has 168 valence electrons. The molecule has 3 rings (SSSR count). The highest BCUT2D eigenvalue weighted by Crippen LogP contribution is 2.40. The molecule has 1 amide bonds. The predicted molar refractivity (Wildman–Crippen MR) is 117 cm³/mol. The zero-order valence-corrected chi connectivity index (χ0v) is 18.7. The van der Waals surface area contributed by atoms with E-state index in [9.17, 15) is 18.3 Å². The van der Waals surface area contributed by atoms with Crippen molar-refractivity contribution < 1.29 is 23.4 Å². The smallest absolute Gasteiger partial charge is 0.226 e. The molecule has 2 aromatic rings. The summed E-state index contributed by atoms with van der Waals surface area (Å²) in [6.45, 7) is -0.468. The van der Waals surface area contributed by atoms with Crippen LogP contribution < -0.4 is 5.32 Å². The van der Waals surface area contributed by atoms with Crippen molar-refractivity contribution in [3.05, 3.63) is 46.9 Å². The lowest BCUT2D eigenvalue weighted by molar-refractivity contribution is -0.116. The van der Waals surface area contributed by atoms with Gasteiger partial charge in [-0.25, -0.2) is 13.4 Å². The molecule has 1 heterocycles. The Morgan fingerprint density at radius 1 is 1.26 bits per heavy atom. The van der Waals surface area contributed by atoms with Crippen molar-refractivity contribution >= 4 is 33.2 Å². The standard InChI is InChI=1S/C21H26ClN3O5S/c1-31(29,30)19-7-6-14(8-16(19)22)15(13-4-2-3-5-13)9-21(28)25-20-11-23-17(10-24-20)18(27)12-26/h6-8,10-11,13,15,18,26-27H,2-5,9,12H2,1H3,(H,24,25,28). The Morgan fingerprint density at radius 2 is 1.97 bits per heavy atom. The van der Waals surface area contributed by atoms with Gasteiger partial charge in [-0.3, -0.25) is 9.78 Å². The molecule has 0 saturated heterocycles. The average molecular weight is 468 g/mol. The van der Waals surface area contributed by atoms with Crippen LogP contribution in [-0.2, 0) is 14.6 Å². The first-order chi connectivity index (χ1) is 14.7. The molecular formula is C21H26ClN3O5S. The Labute approximate surface area is 186 Å². The lowest BCUT2D eigenvalue weighted by Gasteiger charge is -2.24. The quantitative estimate of drug-likeness (QED) is 0.544. The number of aromatic nitrogens is 2. The number of benzene rings is 1. The third kappa shape index (κ3) is 6.00. The molecule has 0 bridgehead atoms. The molecule has 1 aromatic heterocycles. The second-order valence-corrected chi connectivity index (χ2v) is 10.3. The second kappa shape index (κ2) is 10.0. The van der Waals surface area contributed by atoms with Crippen molar-refractivity contribution in [2.24, 2.45) is 5.92 Å². The number of nitrogens with one attached hydrogen (secondary N) is 1. The number of hydrogen-bond donors (Lipinski definition) is 3. The van der Waals surface area contributed by atoms with Crippen molar-refractivity contribution in [3.63, 3.8) is 0 Å². The van der Waals surface area contributed by atoms with Crippen LogP contribution in [0.25, 0.3) is 0 Å². The summed E-state index contributed by atoms with van der Waals surface area (Å²) in [5.41, 5.74) is 1.05. The second-order valence-electron chi connectivity index (χ2n) is 7.89. The summed E-state index contributed by atoms with van der Waals surface area (Å²) >= 11 is 6.25. The molecule has 1 aliphatic rings. The normalized spacial score (nSPS) is 16.8. The minimum absolute atomic E-state index is 0.0768. The molecule has 0 aliphatic heterocycles. The van der Waals surface area contributed by atoms with E-state index in [1.165, 1.54) is 18.5 Å². The predicted octanol–water partition coefficient (Wildman–Crippen LogP) is 2.86. The summed E-state index contributed by atoms with van der Waals surface area (Å²) in [7, 11) is -3.43. The van der Waals surface area contributed by atoms with Crippen LogP contribution in [0.15, 0.2) is 35.5 Å². The van der Waals surface area contributed by atoms with Gasteiger partial charge in [0.15, 0.2) is 15.7 Å². The van der Waals surface area contributed by atoms with Gasteiger partial charge in [-0.15, -0.1) is 0 Å². The number of carbonyl (C=O) groups is 1. The lowest BCUT2D eigenvalue weighted by Crippen LogP contribution is -2.21. The lowest BCUT2D eigenvalue weighted by atomic mass is 9.82. The topological polar surface area (TPSA) is 129 Å². The van der Waals surface area contributed by atoms with Crippen molar-refractivity contribution in [1.82, 2.24) is 9.97 Å². The number of carbonyl (C=O) groups excluding carboxylic acids is 1. The van der Waals surface area contributed by atoms with Crippen molar-refractivity contribution in [3.8, 4) is 0 Å². The number of halogens is 1. The summed E-state index contributed by atoms with van der Waals surface area (Å²) in [5, 5.41) is 21.4.